The van der Waals surface area contributed by atoms with Crippen molar-refractivity contribution in [3.05, 3.63) is 52.2 Å². The highest BCUT2D eigenvalue weighted by atomic mass is 32.2. The lowest BCUT2D eigenvalue weighted by atomic mass is 10.1. The summed E-state index contributed by atoms with van der Waals surface area (Å²) in [6.45, 7) is 4.81. The van der Waals surface area contributed by atoms with Crippen molar-refractivity contribution in [3.8, 4) is 0 Å². The predicted octanol–water partition coefficient (Wildman–Crippen LogP) is 4.03. The summed E-state index contributed by atoms with van der Waals surface area (Å²) in [5, 5.41) is 15.3. The number of hydrogen-bond acceptors (Lipinski definition) is 4. The van der Waals surface area contributed by atoms with E-state index in [-0.39, 0.29) is 5.91 Å². The quantitative estimate of drug-likeness (QED) is 0.707. The largest absolute Gasteiger partial charge is 0.388 e. The van der Waals surface area contributed by atoms with Crippen LogP contribution in [0, 0.1) is 0 Å². The summed E-state index contributed by atoms with van der Waals surface area (Å²) in [5.41, 5.74) is 1.01. The molecule has 0 radical (unpaired) electrons. The summed E-state index contributed by atoms with van der Waals surface area (Å²) in [7, 11) is 0. The normalized spacial score (nSPS) is 12.3. The molecule has 0 saturated heterocycles. The molecule has 0 bridgehead atoms. The molecule has 0 saturated carbocycles. The zero-order valence-electron chi connectivity index (χ0n) is 13.5. The molecule has 2 aromatic rings. The molecular formula is C18H23NO2S2. The maximum Gasteiger partial charge on any atom is 0.224 e. The molecule has 0 fully saturated rings. The summed E-state index contributed by atoms with van der Waals surface area (Å²) in [5.74, 6) is -0.00681. The lowest BCUT2D eigenvalue weighted by Gasteiger charge is -2.10. The second-order valence-corrected chi connectivity index (χ2v) is 8.29. The van der Waals surface area contributed by atoms with E-state index in [0.717, 1.165) is 10.4 Å². The van der Waals surface area contributed by atoms with E-state index in [1.807, 2.05) is 41.4 Å². The van der Waals surface area contributed by atoms with Crippen molar-refractivity contribution in [1.82, 2.24) is 5.32 Å². The maximum atomic E-state index is 11.9. The number of thiophene rings is 1. The third-order valence-corrected chi connectivity index (χ3v) is 5.26. The average Bonchev–Trinajstić information content (AvgIpc) is 3.03. The highest BCUT2D eigenvalue weighted by molar-refractivity contribution is 7.99. The van der Waals surface area contributed by atoms with Crippen molar-refractivity contribution in [2.45, 2.75) is 42.9 Å². The fraction of sp³-hybridized carbons (Fsp3) is 0.389. The molecule has 0 spiro atoms. The number of aliphatic hydroxyl groups excluding tert-OH is 1. The van der Waals surface area contributed by atoms with E-state index in [2.05, 4.69) is 31.3 Å². The van der Waals surface area contributed by atoms with Gasteiger partial charge in [0.1, 0.15) is 0 Å². The van der Waals surface area contributed by atoms with Crippen LogP contribution in [0.3, 0.4) is 0 Å². The Labute approximate surface area is 146 Å². The van der Waals surface area contributed by atoms with Gasteiger partial charge in [-0.3, -0.25) is 4.79 Å². The second-order valence-electron chi connectivity index (χ2n) is 5.66. The van der Waals surface area contributed by atoms with Gasteiger partial charge in [0.25, 0.3) is 0 Å². The van der Waals surface area contributed by atoms with E-state index in [1.54, 1.807) is 0 Å². The van der Waals surface area contributed by atoms with Gasteiger partial charge in [0, 0.05) is 21.6 Å². The van der Waals surface area contributed by atoms with Gasteiger partial charge >= 0.3 is 0 Å². The first kappa shape index (κ1) is 18.0. The van der Waals surface area contributed by atoms with Crippen LogP contribution in [0.5, 0.6) is 0 Å². The van der Waals surface area contributed by atoms with E-state index in [4.69, 9.17) is 0 Å². The van der Waals surface area contributed by atoms with Gasteiger partial charge in [-0.05, 0) is 35.6 Å². The van der Waals surface area contributed by atoms with Gasteiger partial charge in [0.15, 0.2) is 0 Å². The minimum atomic E-state index is -0.498. The van der Waals surface area contributed by atoms with Gasteiger partial charge in [-0.25, -0.2) is 0 Å². The zero-order valence-corrected chi connectivity index (χ0v) is 15.1. The summed E-state index contributed by atoms with van der Waals surface area (Å²) < 4.78 is 0. The molecular weight excluding hydrogens is 326 g/mol. The molecule has 1 atom stereocenters. The molecule has 0 aliphatic carbocycles. The molecule has 5 heteroatoms. The van der Waals surface area contributed by atoms with Gasteiger partial charge in [0.05, 0.1) is 12.5 Å². The summed E-state index contributed by atoms with van der Waals surface area (Å²) in [6, 6.07) is 12.0. The summed E-state index contributed by atoms with van der Waals surface area (Å²) in [4.78, 5) is 14.1. The smallest absolute Gasteiger partial charge is 0.224 e. The van der Waals surface area contributed by atoms with Crippen LogP contribution in [0.25, 0.3) is 0 Å². The molecule has 0 aliphatic heterocycles. The molecule has 2 N–H and O–H groups in total. The van der Waals surface area contributed by atoms with Crippen LogP contribution >= 0.6 is 23.1 Å². The highest BCUT2D eigenvalue weighted by Gasteiger charge is 2.09. The Balaban J connectivity index is 1.72. The Morgan fingerprint density at radius 3 is 2.61 bits per heavy atom. The van der Waals surface area contributed by atoms with Crippen molar-refractivity contribution >= 4 is 29.0 Å². The Bertz CT molecular complexity index is 594. The molecule has 1 aromatic heterocycles. The zero-order chi connectivity index (χ0) is 16.7. The van der Waals surface area contributed by atoms with E-state index >= 15 is 0 Å². The minimum absolute atomic E-state index is 0.00681. The second kappa shape index (κ2) is 9.11. The third kappa shape index (κ3) is 6.37. The predicted molar refractivity (Wildman–Crippen MR) is 98.0 cm³/mol. The van der Waals surface area contributed by atoms with Gasteiger partial charge in [0.2, 0.25) is 5.91 Å². The Morgan fingerprint density at radius 2 is 2.00 bits per heavy atom. The molecule has 1 aromatic carbocycles. The Kier molecular flexibility index (Phi) is 7.15. The van der Waals surface area contributed by atoms with Gasteiger partial charge in [-0.1, -0.05) is 32.0 Å². The van der Waals surface area contributed by atoms with Crippen molar-refractivity contribution in [3.63, 3.8) is 0 Å². The van der Waals surface area contributed by atoms with E-state index in [0.29, 0.717) is 24.6 Å². The molecule has 1 heterocycles. The summed E-state index contributed by atoms with van der Waals surface area (Å²) in [6.07, 6.45) is 0.417. The molecule has 1 amide bonds. The number of rotatable bonds is 8. The fourth-order valence-electron chi connectivity index (χ4n) is 2.18. The molecule has 124 valence electrons. The number of carbonyl (C=O) groups is 1. The van der Waals surface area contributed by atoms with Gasteiger partial charge in [-0.2, -0.15) is 0 Å². The number of nitrogens with one attached hydrogen (secondary N) is 1. The van der Waals surface area contributed by atoms with Crippen LogP contribution in [-0.4, -0.2) is 22.8 Å². The number of aliphatic hydroxyl groups is 1. The first-order chi connectivity index (χ1) is 11.0. The molecule has 2 rings (SSSR count). The molecule has 1 unspecified atom stereocenters. The van der Waals surface area contributed by atoms with Crippen LogP contribution in [0.15, 0.2) is 46.7 Å². The van der Waals surface area contributed by atoms with Crippen LogP contribution in [0.1, 0.15) is 36.8 Å². The average molecular weight is 350 g/mol. The number of carbonyl (C=O) groups excluding carboxylic acids is 1. The van der Waals surface area contributed by atoms with Crippen LogP contribution < -0.4 is 5.32 Å². The first-order valence-corrected chi connectivity index (χ1v) is 9.54. The first-order valence-electron chi connectivity index (χ1n) is 7.78. The van der Waals surface area contributed by atoms with Crippen LogP contribution in [0.2, 0.25) is 0 Å². The number of benzene rings is 1. The number of thioether (sulfide) groups is 1. The summed E-state index contributed by atoms with van der Waals surface area (Å²) >= 11 is 3.35. The van der Waals surface area contributed by atoms with E-state index in [1.165, 1.54) is 16.2 Å². The minimum Gasteiger partial charge on any atom is -0.388 e. The van der Waals surface area contributed by atoms with Crippen molar-refractivity contribution in [2.24, 2.45) is 0 Å². The number of amides is 1. The van der Waals surface area contributed by atoms with Crippen LogP contribution in [0.4, 0.5) is 0 Å². The van der Waals surface area contributed by atoms with Gasteiger partial charge in [-0.15, -0.1) is 23.1 Å². The Hall–Kier alpha value is -1.30. The van der Waals surface area contributed by atoms with Crippen molar-refractivity contribution in [1.29, 1.82) is 0 Å². The highest BCUT2D eigenvalue weighted by Crippen LogP contribution is 2.23. The lowest BCUT2D eigenvalue weighted by Crippen LogP contribution is -2.27. The SMILES string of the molecule is CC(C)Sc1ccc(CC(=O)NCCC(O)c2cccs2)cc1. The molecule has 0 aliphatic rings. The monoisotopic (exact) mass is 349 g/mol. The van der Waals surface area contributed by atoms with E-state index < -0.39 is 6.10 Å². The van der Waals surface area contributed by atoms with Crippen molar-refractivity contribution < 1.29 is 9.90 Å². The van der Waals surface area contributed by atoms with Crippen molar-refractivity contribution in [2.75, 3.05) is 6.54 Å². The Morgan fingerprint density at radius 1 is 1.26 bits per heavy atom. The van der Waals surface area contributed by atoms with Gasteiger partial charge < -0.3 is 10.4 Å². The molecule has 23 heavy (non-hydrogen) atoms. The maximum absolute atomic E-state index is 11.9. The van der Waals surface area contributed by atoms with Crippen LogP contribution in [-0.2, 0) is 11.2 Å². The standard InChI is InChI=1S/C18H23NO2S2/c1-13(2)23-15-7-5-14(6-8-15)12-18(21)19-10-9-16(20)17-4-3-11-22-17/h3-8,11,13,16,20H,9-10,12H2,1-2H3,(H,19,21). The lowest BCUT2D eigenvalue weighted by molar-refractivity contribution is -0.120. The number of hydrogen-bond donors (Lipinski definition) is 2. The molecule has 3 nitrogen and oxygen atoms in total. The topological polar surface area (TPSA) is 49.3 Å². The van der Waals surface area contributed by atoms with E-state index in [9.17, 15) is 9.90 Å². The fourth-order valence-corrected chi connectivity index (χ4v) is 3.76. The third-order valence-electron chi connectivity index (χ3n) is 3.27.